The lowest BCUT2D eigenvalue weighted by molar-refractivity contribution is 0.631. The number of hydrogen-bond acceptors (Lipinski definition) is 3. The Hall–Kier alpha value is -1.91. The summed E-state index contributed by atoms with van der Waals surface area (Å²) in [5.41, 5.74) is 0.945. The summed E-state index contributed by atoms with van der Waals surface area (Å²) in [4.78, 5) is 8.43. The molecule has 0 unspecified atom stereocenters. The number of nitrogens with zero attached hydrogens (tertiary/aromatic N) is 2. The number of rotatable bonds is 2. The van der Waals surface area contributed by atoms with Crippen LogP contribution in [-0.2, 0) is 0 Å². The second-order valence-corrected chi connectivity index (χ2v) is 4.94. The van der Waals surface area contributed by atoms with Crippen LogP contribution in [0.15, 0.2) is 42.6 Å². The zero-order chi connectivity index (χ0) is 14.1. The van der Waals surface area contributed by atoms with Crippen molar-refractivity contribution in [1.29, 1.82) is 0 Å². The zero-order valence-electron chi connectivity index (χ0n) is 10.1. The first kappa shape index (κ1) is 13.1. The molecule has 0 saturated carbocycles. The van der Waals surface area contributed by atoms with Gasteiger partial charge in [-0.1, -0.05) is 41.4 Å². The third-order valence-electron chi connectivity index (χ3n) is 2.75. The van der Waals surface area contributed by atoms with Crippen molar-refractivity contribution in [3.63, 3.8) is 0 Å². The number of hydrogen-bond donors (Lipinski definition) is 1. The monoisotopic (exact) mass is 307 g/mol. The number of para-hydroxylation sites is 1. The second-order valence-electron chi connectivity index (χ2n) is 4.12. The molecule has 0 aliphatic carbocycles. The summed E-state index contributed by atoms with van der Waals surface area (Å²) in [7, 11) is 0. The van der Waals surface area contributed by atoms with E-state index >= 15 is 0 Å². The number of anilines is 2. The molecule has 0 fully saturated rings. The van der Waals surface area contributed by atoms with Gasteiger partial charge in [0.05, 0.1) is 21.2 Å². The Kier molecular flexibility index (Phi) is 3.42. The fourth-order valence-corrected chi connectivity index (χ4v) is 2.09. The molecule has 0 spiro atoms. The molecule has 2 aromatic carbocycles. The quantitative estimate of drug-likeness (QED) is 0.690. The molecule has 0 saturated heterocycles. The summed E-state index contributed by atoms with van der Waals surface area (Å²) in [6.07, 6.45) is 1.67. The van der Waals surface area contributed by atoms with E-state index in [1.54, 1.807) is 6.20 Å². The Morgan fingerprint density at radius 2 is 1.80 bits per heavy atom. The summed E-state index contributed by atoms with van der Waals surface area (Å²) in [6.45, 7) is 0. The van der Waals surface area contributed by atoms with Crippen molar-refractivity contribution in [1.82, 2.24) is 9.97 Å². The first-order valence-corrected chi connectivity index (χ1v) is 6.52. The van der Waals surface area contributed by atoms with Crippen LogP contribution in [0.4, 0.5) is 16.0 Å². The smallest absolute Gasteiger partial charge is 0.227 e. The number of benzene rings is 2. The molecule has 20 heavy (non-hydrogen) atoms. The zero-order valence-corrected chi connectivity index (χ0v) is 11.6. The minimum atomic E-state index is -0.517. The van der Waals surface area contributed by atoms with Crippen molar-refractivity contribution in [2.75, 3.05) is 5.32 Å². The lowest BCUT2D eigenvalue weighted by Crippen LogP contribution is -1.99. The maximum atomic E-state index is 13.8. The van der Waals surface area contributed by atoms with Crippen LogP contribution in [0.1, 0.15) is 0 Å². The van der Waals surface area contributed by atoms with Crippen LogP contribution < -0.4 is 5.32 Å². The average Bonchev–Trinajstić information content (AvgIpc) is 2.44. The summed E-state index contributed by atoms with van der Waals surface area (Å²) in [6, 6.07) is 10.1. The van der Waals surface area contributed by atoms with Crippen molar-refractivity contribution >= 4 is 45.7 Å². The highest BCUT2D eigenvalue weighted by atomic mass is 35.5. The van der Waals surface area contributed by atoms with Crippen LogP contribution in [0.25, 0.3) is 10.9 Å². The van der Waals surface area contributed by atoms with E-state index in [0.29, 0.717) is 5.95 Å². The van der Waals surface area contributed by atoms with E-state index in [-0.39, 0.29) is 15.7 Å². The van der Waals surface area contributed by atoms with Gasteiger partial charge in [0.1, 0.15) is 5.82 Å². The highest BCUT2D eigenvalue weighted by Gasteiger charge is 2.09. The topological polar surface area (TPSA) is 37.8 Å². The Morgan fingerprint density at radius 1 is 1.05 bits per heavy atom. The van der Waals surface area contributed by atoms with E-state index in [1.807, 2.05) is 24.3 Å². The molecule has 6 heteroatoms. The van der Waals surface area contributed by atoms with Gasteiger partial charge in [0.25, 0.3) is 0 Å². The van der Waals surface area contributed by atoms with Crippen LogP contribution in [0, 0.1) is 5.82 Å². The number of nitrogens with one attached hydrogen (secondary N) is 1. The van der Waals surface area contributed by atoms with Crippen molar-refractivity contribution in [2.45, 2.75) is 0 Å². The molecule has 3 nitrogen and oxygen atoms in total. The van der Waals surface area contributed by atoms with Gasteiger partial charge >= 0.3 is 0 Å². The molecule has 1 aromatic heterocycles. The van der Waals surface area contributed by atoms with Crippen LogP contribution in [0.5, 0.6) is 0 Å². The van der Waals surface area contributed by atoms with Crippen LogP contribution in [-0.4, -0.2) is 9.97 Å². The van der Waals surface area contributed by atoms with E-state index in [4.69, 9.17) is 23.2 Å². The largest absolute Gasteiger partial charge is 0.322 e. The molecule has 3 aromatic rings. The second kappa shape index (κ2) is 5.23. The standard InChI is InChI=1S/C14H8Cl2FN3/c15-9-5-11(17)13(6-10(9)16)20-14-18-7-8-3-1-2-4-12(8)19-14/h1-7H,(H,18,19,20). The van der Waals surface area contributed by atoms with Crippen LogP contribution in [0.3, 0.4) is 0 Å². The first-order chi connectivity index (χ1) is 9.63. The highest BCUT2D eigenvalue weighted by molar-refractivity contribution is 6.42. The first-order valence-electron chi connectivity index (χ1n) is 5.77. The van der Waals surface area contributed by atoms with Gasteiger partial charge in [0.2, 0.25) is 5.95 Å². The molecule has 1 heterocycles. The summed E-state index contributed by atoms with van der Waals surface area (Å²) in [5, 5.41) is 4.12. The van der Waals surface area contributed by atoms with Gasteiger partial charge < -0.3 is 5.32 Å². The van der Waals surface area contributed by atoms with E-state index in [1.165, 1.54) is 6.07 Å². The molecule has 100 valence electrons. The molecule has 0 amide bonds. The van der Waals surface area contributed by atoms with Crippen molar-refractivity contribution in [3.8, 4) is 0 Å². The van der Waals surface area contributed by atoms with E-state index in [0.717, 1.165) is 17.0 Å². The van der Waals surface area contributed by atoms with E-state index in [2.05, 4.69) is 15.3 Å². The van der Waals surface area contributed by atoms with Gasteiger partial charge in [-0.05, 0) is 18.2 Å². The molecular weight excluding hydrogens is 300 g/mol. The van der Waals surface area contributed by atoms with Gasteiger partial charge in [-0.15, -0.1) is 0 Å². The normalized spacial score (nSPS) is 10.8. The fraction of sp³-hybridized carbons (Fsp3) is 0. The minimum Gasteiger partial charge on any atom is -0.322 e. The minimum absolute atomic E-state index is 0.161. The van der Waals surface area contributed by atoms with Crippen LogP contribution >= 0.6 is 23.2 Å². The number of aromatic nitrogens is 2. The van der Waals surface area contributed by atoms with Gasteiger partial charge in [0.15, 0.2) is 0 Å². The van der Waals surface area contributed by atoms with Crippen molar-refractivity contribution in [3.05, 3.63) is 58.5 Å². The third kappa shape index (κ3) is 2.53. The van der Waals surface area contributed by atoms with E-state index < -0.39 is 5.82 Å². The Labute approximate surface area is 124 Å². The summed E-state index contributed by atoms with van der Waals surface area (Å²) >= 11 is 11.6. The molecule has 3 rings (SSSR count). The molecule has 0 atom stereocenters. The predicted octanol–water partition coefficient (Wildman–Crippen LogP) is 4.82. The summed E-state index contributed by atoms with van der Waals surface area (Å²) < 4.78 is 13.8. The van der Waals surface area contributed by atoms with Gasteiger partial charge in [-0.3, -0.25) is 0 Å². The average molecular weight is 308 g/mol. The predicted molar refractivity (Wildman–Crippen MR) is 79.2 cm³/mol. The third-order valence-corrected chi connectivity index (χ3v) is 3.47. The van der Waals surface area contributed by atoms with Crippen molar-refractivity contribution in [2.24, 2.45) is 0 Å². The van der Waals surface area contributed by atoms with Gasteiger partial charge in [0, 0.05) is 11.6 Å². The lowest BCUT2D eigenvalue weighted by Gasteiger charge is -2.08. The number of halogens is 3. The molecule has 1 N–H and O–H groups in total. The fourth-order valence-electron chi connectivity index (χ4n) is 1.77. The van der Waals surface area contributed by atoms with Gasteiger partial charge in [-0.25, -0.2) is 14.4 Å². The molecule has 0 bridgehead atoms. The Bertz CT molecular complexity index is 792. The lowest BCUT2D eigenvalue weighted by atomic mass is 10.2. The van der Waals surface area contributed by atoms with E-state index in [9.17, 15) is 4.39 Å². The number of fused-ring (bicyclic) bond motifs is 1. The molecular formula is C14H8Cl2FN3. The maximum absolute atomic E-state index is 13.8. The highest BCUT2D eigenvalue weighted by Crippen LogP contribution is 2.29. The van der Waals surface area contributed by atoms with Gasteiger partial charge in [-0.2, -0.15) is 0 Å². The van der Waals surface area contributed by atoms with Crippen LogP contribution in [0.2, 0.25) is 10.0 Å². The Morgan fingerprint density at radius 3 is 2.65 bits per heavy atom. The molecule has 0 aliphatic rings. The van der Waals surface area contributed by atoms with Crippen molar-refractivity contribution < 1.29 is 4.39 Å². The SMILES string of the molecule is Fc1cc(Cl)c(Cl)cc1Nc1ncc2ccccc2n1. The molecule has 0 radical (unpaired) electrons. The maximum Gasteiger partial charge on any atom is 0.227 e. The molecule has 0 aliphatic heterocycles. The summed E-state index contributed by atoms with van der Waals surface area (Å²) in [5.74, 6) is -0.225. The Balaban J connectivity index is 1.99.